The zero-order valence-electron chi connectivity index (χ0n) is 46.8. The Morgan fingerprint density at radius 1 is 0.813 bits per heavy atom. The van der Waals surface area contributed by atoms with Gasteiger partial charge in [0.2, 0.25) is 5.79 Å². The van der Waals surface area contributed by atoms with E-state index in [1.54, 1.807) is 41.1 Å². The van der Waals surface area contributed by atoms with Crippen molar-refractivity contribution >= 4 is 29.2 Å². The highest BCUT2D eigenvalue weighted by molar-refractivity contribution is 6.39. The summed E-state index contributed by atoms with van der Waals surface area (Å²) < 4.78 is 47.0. The normalized spacial score (nSPS) is 36.6. The number of rotatable bonds is 16. The van der Waals surface area contributed by atoms with Gasteiger partial charge < -0.3 is 58.1 Å². The zero-order chi connectivity index (χ0) is 55.2. The van der Waals surface area contributed by atoms with Gasteiger partial charge in [0.25, 0.3) is 11.7 Å². The van der Waals surface area contributed by atoms with Crippen molar-refractivity contribution in [2.24, 2.45) is 35.5 Å². The van der Waals surface area contributed by atoms with Crippen LogP contribution in [0.25, 0.3) is 0 Å². The molecule has 4 aliphatic rings. The highest BCUT2D eigenvalue weighted by atomic mass is 16.6. The first-order chi connectivity index (χ1) is 35.8. The smallest absolute Gasteiger partial charge is 0.329 e. The molecule has 1 aliphatic carbocycles. The molecule has 0 spiro atoms. The third-order valence-corrected chi connectivity index (χ3v) is 15.9. The number of piperidine rings is 1. The van der Waals surface area contributed by atoms with Crippen LogP contribution in [0.5, 0.6) is 0 Å². The Morgan fingerprint density at radius 2 is 1.56 bits per heavy atom. The van der Waals surface area contributed by atoms with Gasteiger partial charge in [-0.3, -0.25) is 19.2 Å². The molecule has 3 aliphatic heterocycles. The van der Waals surface area contributed by atoms with Crippen molar-refractivity contribution in [1.82, 2.24) is 4.90 Å². The van der Waals surface area contributed by atoms with Gasteiger partial charge in [-0.05, 0) is 113 Å². The highest BCUT2D eigenvalue weighted by Gasteiger charge is 2.53. The number of hydrogen-bond donors (Lipinski definition) is 3. The van der Waals surface area contributed by atoms with Crippen molar-refractivity contribution < 1.29 is 77.2 Å². The van der Waals surface area contributed by atoms with E-state index in [4.69, 9.17) is 37.9 Å². The van der Waals surface area contributed by atoms with E-state index >= 15 is 0 Å². The Bertz CT molecular complexity index is 1930. The van der Waals surface area contributed by atoms with Gasteiger partial charge in [-0.2, -0.15) is 0 Å². The molecule has 4 rings (SSSR count). The second kappa shape index (κ2) is 32.4. The van der Waals surface area contributed by atoms with Crippen LogP contribution in [0.4, 0.5) is 0 Å². The Hall–Kier alpha value is -3.49. The van der Waals surface area contributed by atoms with Crippen LogP contribution in [0, 0.1) is 35.5 Å². The number of fused-ring (bicyclic) bond motifs is 3. The molecule has 3 fully saturated rings. The van der Waals surface area contributed by atoms with Gasteiger partial charge in [0.1, 0.15) is 30.1 Å². The van der Waals surface area contributed by atoms with Crippen molar-refractivity contribution in [3.05, 3.63) is 47.6 Å². The van der Waals surface area contributed by atoms with Crippen LogP contribution < -0.4 is 0 Å². The molecule has 1 unspecified atom stereocenters. The molecule has 75 heavy (non-hydrogen) atoms. The van der Waals surface area contributed by atoms with E-state index in [1.165, 1.54) is 12.0 Å². The fourth-order valence-corrected chi connectivity index (χ4v) is 11.0. The van der Waals surface area contributed by atoms with Crippen LogP contribution in [-0.4, -0.2) is 172 Å². The zero-order valence-corrected chi connectivity index (χ0v) is 46.8. The summed E-state index contributed by atoms with van der Waals surface area (Å²) in [7, 11) is 4.63. The standard InChI is InChI=1S/C58H93NO16/c1-37-16-12-11-13-17-38(2)49(73-31-30-71-29-28-68-8)35-45-23-20-43(7)58(67,75-45)55(64)56(65)59-25-15-14-18-46(59)57(66)74-50(39(3)19-21-44-22-24-48(72-27-26-60)51(34-44)69-9)36-47(61)40(4)33-42(6)53(63)54(70-10)52(62)41(5)32-37/h11-13,16-17,33,37,39-41,43-46,48-51,53-54,60,63,67H,14-15,18-32,34-36H2,1-10H3/b13-11+,16-12+,38-17+,42-33+/t37-,39-,40-,41-,43-,44-,45+,46+,48-,49?,50+,51-,53-,54+,58-/m1/s1. The number of allylic oxidation sites excluding steroid dienone is 6. The lowest BCUT2D eigenvalue weighted by Crippen LogP contribution is -2.61. The summed E-state index contributed by atoms with van der Waals surface area (Å²) in [6.45, 7) is 14.3. The molecule has 0 aromatic carbocycles. The van der Waals surface area contributed by atoms with E-state index in [9.17, 15) is 39.3 Å². The first-order valence-electron chi connectivity index (χ1n) is 27.7. The molecule has 17 heteroatoms. The van der Waals surface area contributed by atoms with Crippen molar-refractivity contribution in [2.75, 3.05) is 67.5 Å². The summed E-state index contributed by atoms with van der Waals surface area (Å²) in [5.74, 6) is -7.97. The van der Waals surface area contributed by atoms with Gasteiger partial charge in [0.15, 0.2) is 5.78 Å². The molecular formula is C58H93NO16. The van der Waals surface area contributed by atoms with Crippen LogP contribution in [0.1, 0.15) is 132 Å². The quantitative estimate of drug-likeness (QED) is 0.0639. The maximum absolute atomic E-state index is 14.6. The Balaban J connectivity index is 1.69. The summed E-state index contributed by atoms with van der Waals surface area (Å²) >= 11 is 0. The lowest BCUT2D eigenvalue weighted by atomic mass is 9.80. The summed E-state index contributed by atoms with van der Waals surface area (Å²) in [6.07, 6.45) is 12.8. The third-order valence-electron chi connectivity index (χ3n) is 15.9. The minimum absolute atomic E-state index is 0.00788. The van der Waals surface area contributed by atoms with Gasteiger partial charge in [-0.15, -0.1) is 0 Å². The topological polar surface area (TPSA) is 223 Å². The van der Waals surface area contributed by atoms with Crippen LogP contribution in [-0.2, 0) is 61.9 Å². The van der Waals surface area contributed by atoms with Gasteiger partial charge in [0, 0.05) is 58.5 Å². The number of amides is 1. The van der Waals surface area contributed by atoms with Crippen molar-refractivity contribution in [2.45, 2.75) is 186 Å². The van der Waals surface area contributed by atoms with Crippen molar-refractivity contribution in [1.29, 1.82) is 0 Å². The average Bonchev–Trinajstić information content (AvgIpc) is 3.40. The summed E-state index contributed by atoms with van der Waals surface area (Å²) in [5.41, 5.74) is 1.23. The van der Waals surface area contributed by atoms with E-state index < -0.39 is 77.8 Å². The molecule has 0 radical (unpaired) electrons. The molecule has 1 saturated carbocycles. The number of cyclic esters (lactones) is 1. The SMILES string of the molecule is COCCOCCOC1C[C@@H]2CC[C@@H](C)[C@@](O)(O2)C(=O)C(=O)N2CCCC[C@H]2C(=O)O[C@H]([C@H](C)CC[C@@H]2CC[C@@H](OCCO)[C@H](OC)C2)CC(=O)[C@H](C)/C=C(\C)[C@@H](O)[C@@H](OC)C(=O)[C@H](C)C[C@H](C)/C=C/C=C/C=C/1C. The molecule has 2 bridgehead atoms. The number of Topliss-reactive ketones (excluding diaryl/α,β-unsaturated/α-hetero) is 3. The van der Waals surface area contributed by atoms with Crippen molar-refractivity contribution in [3.63, 3.8) is 0 Å². The third kappa shape index (κ3) is 19.1. The van der Waals surface area contributed by atoms with Crippen LogP contribution >= 0.6 is 0 Å². The number of carbonyl (C=O) groups excluding carboxylic acids is 5. The van der Waals surface area contributed by atoms with Crippen molar-refractivity contribution in [3.8, 4) is 0 Å². The first-order valence-corrected chi connectivity index (χ1v) is 27.7. The number of hydrogen-bond acceptors (Lipinski definition) is 16. The Kier molecular flexibility index (Phi) is 27.7. The van der Waals surface area contributed by atoms with Gasteiger partial charge in [0.05, 0.1) is 64.1 Å². The molecule has 426 valence electrons. The lowest BCUT2D eigenvalue weighted by Gasteiger charge is -2.42. The minimum atomic E-state index is -2.48. The van der Waals surface area contributed by atoms with E-state index in [2.05, 4.69) is 0 Å². The van der Waals surface area contributed by atoms with Crippen LogP contribution in [0.3, 0.4) is 0 Å². The van der Waals surface area contributed by atoms with E-state index in [0.717, 1.165) is 31.3 Å². The molecule has 15 atom stereocenters. The molecular weight excluding hydrogens is 967 g/mol. The molecule has 3 N–H and O–H groups in total. The second-order valence-electron chi connectivity index (χ2n) is 21.7. The maximum atomic E-state index is 14.6. The number of aliphatic hydroxyl groups is 3. The van der Waals surface area contributed by atoms with Crippen LogP contribution in [0.2, 0.25) is 0 Å². The number of ketones is 3. The number of carbonyl (C=O) groups is 5. The van der Waals surface area contributed by atoms with Crippen LogP contribution in [0.15, 0.2) is 47.6 Å². The van der Waals surface area contributed by atoms with Gasteiger partial charge >= 0.3 is 5.97 Å². The predicted molar refractivity (Wildman–Crippen MR) is 282 cm³/mol. The monoisotopic (exact) mass is 1060 g/mol. The molecule has 3 heterocycles. The molecule has 2 saturated heterocycles. The maximum Gasteiger partial charge on any atom is 0.329 e. The van der Waals surface area contributed by atoms with E-state index in [0.29, 0.717) is 63.9 Å². The second-order valence-corrected chi connectivity index (χ2v) is 21.7. The fraction of sp³-hybridized carbons (Fsp3) is 0.776. The summed E-state index contributed by atoms with van der Waals surface area (Å²) in [5, 5.41) is 33.0. The van der Waals surface area contributed by atoms with Gasteiger partial charge in [-0.25, -0.2) is 4.79 Å². The molecule has 1 amide bonds. The highest BCUT2D eigenvalue weighted by Crippen LogP contribution is 2.38. The first kappa shape index (κ1) is 64.0. The number of ether oxygens (including phenoxy) is 8. The molecule has 0 aromatic heterocycles. The predicted octanol–water partition coefficient (Wildman–Crippen LogP) is 6.62. The number of nitrogens with zero attached hydrogens (tertiary/aromatic N) is 1. The van der Waals surface area contributed by atoms with E-state index in [1.807, 2.05) is 58.1 Å². The number of methoxy groups -OCH3 is 3. The average molecular weight is 1060 g/mol. The Morgan fingerprint density at radius 3 is 2.27 bits per heavy atom. The summed E-state index contributed by atoms with van der Waals surface area (Å²) in [6, 6.07) is -1.16. The minimum Gasteiger partial charge on any atom is -0.460 e. The molecule has 0 aromatic rings. The molecule has 17 nitrogen and oxygen atoms in total. The van der Waals surface area contributed by atoms with Gasteiger partial charge in [-0.1, -0.05) is 71.1 Å². The van der Waals surface area contributed by atoms with E-state index in [-0.39, 0.29) is 87.2 Å². The number of esters is 1. The Labute approximate surface area is 447 Å². The number of aliphatic hydroxyl groups excluding tert-OH is 2. The summed E-state index contributed by atoms with van der Waals surface area (Å²) in [4.78, 5) is 72.8. The fourth-order valence-electron chi connectivity index (χ4n) is 11.0. The largest absolute Gasteiger partial charge is 0.460 e. The lowest BCUT2D eigenvalue weighted by molar-refractivity contribution is -0.266.